The van der Waals surface area contributed by atoms with Crippen molar-refractivity contribution >= 4 is 30.4 Å². The van der Waals surface area contributed by atoms with E-state index < -0.39 is 5.60 Å². The molecule has 1 N–H and O–H groups in total. The average Bonchev–Trinajstić information content (AvgIpc) is 3.06. The molecule has 200 valence electrons. The Morgan fingerprint density at radius 2 is 1.43 bits per heavy atom. The van der Waals surface area contributed by atoms with Crippen LogP contribution in [0.1, 0.15) is 95.0 Å². The molecule has 2 saturated heterocycles. The van der Waals surface area contributed by atoms with E-state index in [1.54, 1.807) is 0 Å². The summed E-state index contributed by atoms with van der Waals surface area (Å²) in [5, 5.41) is 10.9. The summed E-state index contributed by atoms with van der Waals surface area (Å²) in [6, 6.07) is 13.7. The van der Waals surface area contributed by atoms with Gasteiger partial charge in [-0.05, 0) is 106 Å². The molecule has 0 atom stereocenters. The van der Waals surface area contributed by atoms with Crippen LogP contribution in [0.2, 0.25) is 0 Å². The summed E-state index contributed by atoms with van der Waals surface area (Å²) in [6.45, 7) is 17.4. The number of rotatable bonds is 7. The summed E-state index contributed by atoms with van der Waals surface area (Å²) >= 11 is 1.93. The van der Waals surface area contributed by atoms with Crippen molar-refractivity contribution in [2.45, 2.75) is 103 Å². The minimum atomic E-state index is -0.663. The van der Waals surface area contributed by atoms with Crippen molar-refractivity contribution in [1.29, 1.82) is 0 Å². The van der Waals surface area contributed by atoms with Crippen LogP contribution in [-0.2, 0) is 14.7 Å². The van der Waals surface area contributed by atoms with Crippen LogP contribution >= 0.6 is 11.8 Å². The average molecular weight is 521 g/mol. The van der Waals surface area contributed by atoms with Gasteiger partial charge in [-0.2, -0.15) is 11.8 Å². The van der Waals surface area contributed by atoms with Crippen molar-refractivity contribution in [3.63, 3.8) is 0 Å². The van der Waals surface area contributed by atoms with E-state index in [1.165, 1.54) is 27.8 Å². The van der Waals surface area contributed by atoms with Gasteiger partial charge in [-0.25, -0.2) is 0 Å². The fraction of sp³-hybridized carbons (Fsp3) is 0.562. The molecule has 0 unspecified atom stereocenters. The van der Waals surface area contributed by atoms with Gasteiger partial charge >= 0.3 is 7.12 Å². The van der Waals surface area contributed by atoms with Gasteiger partial charge in [0.1, 0.15) is 0 Å². The normalized spacial score (nSPS) is 21.1. The van der Waals surface area contributed by atoms with Crippen molar-refractivity contribution in [1.82, 2.24) is 0 Å². The van der Waals surface area contributed by atoms with Gasteiger partial charge in [0.05, 0.1) is 16.8 Å². The Balaban J connectivity index is 1.63. The van der Waals surface area contributed by atoms with Gasteiger partial charge < -0.3 is 14.4 Å². The Morgan fingerprint density at radius 1 is 0.892 bits per heavy atom. The van der Waals surface area contributed by atoms with E-state index in [-0.39, 0.29) is 23.7 Å². The maximum absolute atomic E-state index is 10.9. The largest absolute Gasteiger partial charge is 0.495 e. The van der Waals surface area contributed by atoms with Gasteiger partial charge in [-0.1, -0.05) is 68.0 Å². The Labute approximate surface area is 229 Å². The first-order chi connectivity index (χ1) is 17.4. The van der Waals surface area contributed by atoms with Gasteiger partial charge in [0.2, 0.25) is 0 Å². The molecule has 0 aliphatic carbocycles. The van der Waals surface area contributed by atoms with Crippen LogP contribution in [-0.4, -0.2) is 40.5 Å². The predicted octanol–water partition coefficient (Wildman–Crippen LogP) is 6.98. The maximum atomic E-state index is 10.9. The standard InChI is InChI=1S/C32H45BO3S/c1-9-32(10-2,26-12-11-25(23(3)21-26)15-16-31(34)17-19-37-20-18-31)27-13-14-28(24(4)22-27)33-35-29(5,6)30(7,8)36-33/h11-16,21-22,34H,9-10,17-20H2,1-8H3. The lowest BCUT2D eigenvalue weighted by atomic mass is 9.68. The first-order valence-electron chi connectivity index (χ1n) is 13.9. The Morgan fingerprint density at radius 3 is 1.95 bits per heavy atom. The lowest BCUT2D eigenvalue weighted by Crippen LogP contribution is -2.41. The third kappa shape index (κ3) is 5.48. The summed E-state index contributed by atoms with van der Waals surface area (Å²) < 4.78 is 12.7. The van der Waals surface area contributed by atoms with Gasteiger partial charge in [0.25, 0.3) is 0 Å². The Bertz CT molecular complexity index is 1130. The van der Waals surface area contributed by atoms with Crippen LogP contribution in [0.4, 0.5) is 0 Å². The summed E-state index contributed by atoms with van der Waals surface area (Å²) in [7, 11) is -0.345. The van der Waals surface area contributed by atoms with Crippen molar-refractivity contribution < 1.29 is 14.4 Å². The molecule has 0 saturated carbocycles. The molecule has 0 aromatic heterocycles. The van der Waals surface area contributed by atoms with Crippen LogP contribution in [0.25, 0.3) is 6.08 Å². The van der Waals surface area contributed by atoms with Crippen LogP contribution in [0, 0.1) is 13.8 Å². The fourth-order valence-electron chi connectivity index (χ4n) is 5.74. The monoisotopic (exact) mass is 520 g/mol. The fourth-order valence-corrected chi connectivity index (χ4v) is 6.94. The maximum Gasteiger partial charge on any atom is 0.495 e. The van der Waals surface area contributed by atoms with E-state index in [4.69, 9.17) is 9.31 Å². The molecular weight excluding hydrogens is 475 g/mol. The second kappa shape index (κ2) is 10.6. The van der Waals surface area contributed by atoms with Crippen molar-refractivity contribution in [3.05, 3.63) is 70.3 Å². The third-order valence-corrected chi connectivity index (χ3v) is 10.3. The smallest absolute Gasteiger partial charge is 0.399 e. The van der Waals surface area contributed by atoms with Crippen molar-refractivity contribution in [2.24, 2.45) is 0 Å². The van der Waals surface area contributed by atoms with E-state index >= 15 is 0 Å². The quantitative estimate of drug-likeness (QED) is 0.400. The molecular formula is C32H45BO3S. The SMILES string of the molecule is CCC(CC)(c1ccc(C=CC2(O)CCSCC2)c(C)c1)c1ccc(B2OC(C)(C)C(C)(C)O2)c(C)c1. The summed E-state index contributed by atoms with van der Waals surface area (Å²) in [6.07, 6.45) is 7.86. The number of thioether (sulfide) groups is 1. The topological polar surface area (TPSA) is 38.7 Å². The highest BCUT2D eigenvalue weighted by atomic mass is 32.2. The zero-order valence-electron chi connectivity index (χ0n) is 24.1. The second-order valence-corrected chi connectivity index (χ2v) is 13.3. The van der Waals surface area contributed by atoms with Gasteiger partial charge in [0, 0.05) is 5.41 Å². The highest BCUT2D eigenvalue weighted by Gasteiger charge is 2.52. The van der Waals surface area contributed by atoms with Crippen LogP contribution in [0.3, 0.4) is 0 Å². The molecule has 2 aromatic rings. The molecule has 37 heavy (non-hydrogen) atoms. The molecule has 2 fully saturated rings. The van der Waals surface area contributed by atoms with E-state index in [0.717, 1.165) is 42.7 Å². The molecule has 0 amide bonds. The number of aliphatic hydroxyl groups is 1. The van der Waals surface area contributed by atoms with E-state index in [0.29, 0.717) is 0 Å². The highest BCUT2D eigenvalue weighted by Crippen LogP contribution is 2.41. The molecule has 4 rings (SSSR count). The molecule has 2 aliphatic heterocycles. The number of aryl methyl sites for hydroxylation is 2. The molecule has 0 spiro atoms. The van der Waals surface area contributed by atoms with Crippen LogP contribution in [0.15, 0.2) is 42.5 Å². The summed E-state index contributed by atoms with van der Waals surface area (Å²) in [5.41, 5.74) is 6.01. The number of hydrogen-bond donors (Lipinski definition) is 1. The third-order valence-electron chi connectivity index (χ3n) is 9.29. The molecule has 0 radical (unpaired) electrons. The molecule has 3 nitrogen and oxygen atoms in total. The van der Waals surface area contributed by atoms with E-state index in [1.807, 2.05) is 17.8 Å². The van der Waals surface area contributed by atoms with Crippen LogP contribution < -0.4 is 5.46 Å². The molecule has 0 bridgehead atoms. The molecule has 2 aliphatic rings. The summed E-state index contributed by atoms with van der Waals surface area (Å²) in [5.74, 6) is 2.06. The second-order valence-electron chi connectivity index (χ2n) is 12.1. The van der Waals surface area contributed by atoms with Crippen molar-refractivity contribution in [2.75, 3.05) is 11.5 Å². The zero-order chi connectivity index (χ0) is 27.1. The lowest BCUT2D eigenvalue weighted by Gasteiger charge is -2.34. The molecule has 2 heterocycles. The zero-order valence-corrected chi connectivity index (χ0v) is 24.9. The van der Waals surface area contributed by atoms with E-state index in [2.05, 4.69) is 97.9 Å². The minimum absolute atomic E-state index is 0.0645. The van der Waals surface area contributed by atoms with Gasteiger partial charge in [-0.15, -0.1) is 0 Å². The first-order valence-corrected chi connectivity index (χ1v) is 15.1. The Hall–Kier alpha value is -1.53. The molecule has 5 heteroatoms. The Kier molecular flexibility index (Phi) is 8.13. The predicted molar refractivity (Wildman–Crippen MR) is 160 cm³/mol. The molecule has 2 aromatic carbocycles. The number of benzene rings is 2. The number of hydrogen-bond acceptors (Lipinski definition) is 4. The first kappa shape index (κ1) is 28.5. The minimum Gasteiger partial charge on any atom is -0.399 e. The lowest BCUT2D eigenvalue weighted by molar-refractivity contribution is 0.00578. The van der Waals surface area contributed by atoms with Crippen LogP contribution in [0.5, 0.6) is 0 Å². The van der Waals surface area contributed by atoms with E-state index in [9.17, 15) is 5.11 Å². The summed E-state index contributed by atoms with van der Waals surface area (Å²) in [4.78, 5) is 0. The van der Waals surface area contributed by atoms with Crippen molar-refractivity contribution in [3.8, 4) is 0 Å². The highest BCUT2D eigenvalue weighted by molar-refractivity contribution is 7.99. The van der Waals surface area contributed by atoms with Gasteiger partial charge in [-0.3, -0.25) is 0 Å². The van der Waals surface area contributed by atoms with Gasteiger partial charge in [0.15, 0.2) is 0 Å².